The van der Waals surface area contributed by atoms with Crippen LogP contribution in [0.3, 0.4) is 0 Å². The molecule has 4 nitrogen and oxygen atoms in total. The molecule has 0 aliphatic heterocycles. The van der Waals surface area contributed by atoms with E-state index in [0.29, 0.717) is 5.69 Å². The van der Waals surface area contributed by atoms with Crippen molar-refractivity contribution in [3.63, 3.8) is 0 Å². The summed E-state index contributed by atoms with van der Waals surface area (Å²) in [6.07, 6.45) is 3.63. The average molecular weight is 224 g/mol. The number of carbonyl (C=O) groups excluding carboxylic acids is 1. The third-order valence-corrected chi connectivity index (χ3v) is 2.58. The predicted molar refractivity (Wildman–Crippen MR) is 63.4 cm³/mol. The second-order valence-corrected chi connectivity index (χ2v) is 3.85. The molecule has 1 aromatic heterocycles. The van der Waals surface area contributed by atoms with Gasteiger partial charge in [-0.25, -0.2) is 0 Å². The Bertz CT molecular complexity index is 330. The fourth-order valence-corrected chi connectivity index (χ4v) is 1.59. The van der Waals surface area contributed by atoms with Crippen molar-refractivity contribution in [2.75, 3.05) is 6.61 Å². The molecule has 0 fully saturated rings. The monoisotopic (exact) mass is 224 g/mol. The van der Waals surface area contributed by atoms with Gasteiger partial charge in [-0.15, -0.1) is 0 Å². The molecule has 0 aliphatic rings. The number of nitrogens with zero attached hydrogens (tertiary/aromatic N) is 1. The highest BCUT2D eigenvalue weighted by atomic mass is 16.3. The number of aliphatic hydroxyl groups is 1. The van der Waals surface area contributed by atoms with Gasteiger partial charge in [0.1, 0.15) is 5.69 Å². The normalized spacial score (nSPS) is 12.4. The van der Waals surface area contributed by atoms with Crippen molar-refractivity contribution >= 4 is 5.91 Å². The first-order valence-corrected chi connectivity index (χ1v) is 5.79. The van der Waals surface area contributed by atoms with Gasteiger partial charge in [0.15, 0.2) is 0 Å². The summed E-state index contributed by atoms with van der Waals surface area (Å²) < 4.78 is 1.93. The van der Waals surface area contributed by atoms with E-state index in [1.54, 1.807) is 6.07 Å². The first-order valence-electron chi connectivity index (χ1n) is 5.79. The number of hydrogen-bond acceptors (Lipinski definition) is 2. The highest BCUT2D eigenvalue weighted by Gasteiger charge is 2.13. The van der Waals surface area contributed by atoms with E-state index in [4.69, 9.17) is 5.11 Å². The van der Waals surface area contributed by atoms with Crippen LogP contribution in [0.15, 0.2) is 18.3 Å². The van der Waals surface area contributed by atoms with E-state index < -0.39 is 0 Å². The molecule has 90 valence electrons. The summed E-state index contributed by atoms with van der Waals surface area (Å²) in [6, 6.07) is 3.51. The maximum absolute atomic E-state index is 11.9. The Morgan fingerprint density at radius 3 is 2.88 bits per heavy atom. The molecule has 1 amide bonds. The number of aromatic nitrogens is 1. The Hall–Kier alpha value is -1.29. The Morgan fingerprint density at radius 2 is 2.31 bits per heavy atom. The summed E-state index contributed by atoms with van der Waals surface area (Å²) in [7, 11) is 0. The van der Waals surface area contributed by atoms with E-state index >= 15 is 0 Å². The Balaban J connectivity index is 2.68. The topological polar surface area (TPSA) is 54.3 Å². The molecule has 0 aliphatic carbocycles. The molecule has 0 aromatic carbocycles. The molecule has 4 heteroatoms. The van der Waals surface area contributed by atoms with Crippen molar-refractivity contribution in [2.45, 2.75) is 39.3 Å². The molecule has 0 spiro atoms. The molecule has 2 N–H and O–H groups in total. The van der Waals surface area contributed by atoms with Gasteiger partial charge in [-0.3, -0.25) is 4.79 Å². The fraction of sp³-hybridized carbons (Fsp3) is 0.583. The maximum atomic E-state index is 11.9. The highest BCUT2D eigenvalue weighted by molar-refractivity contribution is 5.92. The Kier molecular flexibility index (Phi) is 5.05. The molecule has 0 unspecified atom stereocenters. The minimum absolute atomic E-state index is 0.0171. The Labute approximate surface area is 96.3 Å². The first-order chi connectivity index (χ1) is 7.72. The lowest BCUT2D eigenvalue weighted by Crippen LogP contribution is -2.37. The predicted octanol–water partition coefficient (Wildman–Crippen LogP) is 1.40. The number of nitrogens with one attached hydrogen (secondary N) is 1. The second-order valence-electron chi connectivity index (χ2n) is 3.85. The van der Waals surface area contributed by atoms with Crippen LogP contribution in [0.2, 0.25) is 0 Å². The van der Waals surface area contributed by atoms with Crippen molar-refractivity contribution in [3.05, 3.63) is 24.0 Å². The first kappa shape index (κ1) is 12.8. The van der Waals surface area contributed by atoms with E-state index in [0.717, 1.165) is 19.4 Å². The number of amides is 1. The number of aryl methyl sites for hydroxylation is 1. The Morgan fingerprint density at radius 1 is 1.56 bits per heavy atom. The van der Waals surface area contributed by atoms with Crippen molar-refractivity contribution < 1.29 is 9.90 Å². The minimum Gasteiger partial charge on any atom is -0.394 e. The molecule has 1 heterocycles. The van der Waals surface area contributed by atoms with Crippen molar-refractivity contribution in [1.29, 1.82) is 0 Å². The van der Waals surface area contributed by atoms with Gasteiger partial charge in [0.05, 0.1) is 12.6 Å². The van der Waals surface area contributed by atoms with Crippen molar-refractivity contribution in [2.24, 2.45) is 0 Å². The van der Waals surface area contributed by atoms with Crippen molar-refractivity contribution in [3.8, 4) is 0 Å². The molecular weight excluding hydrogens is 204 g/mol. The number of aliphatic hydroxyl groups excluding tert-OH is 1. The summed E-state index contributed by atoms with van der Waals surface area (Å²) in [4.78, 5) is 11.9. The summed E-state index contributed by atoms with van der Waals surface area (Å²) in [5, 5.41) is 11.8. The average Bonchev–Trinajstić information content (AvgIpc) is 2.74. The van der Waals surface area contributed by atoms with Gasteiger partial charge in [0.2, 0.25) is 0 Å². The fourth-order valence-electron chi connectivity index (χ4n) is 1.59. The van der Waals surface area contributed by atoms with Crippen LogP contribution in [0.4, 0.5) is 0 Å². The quantitative estimate of drug-likeness (QED) is 0.767. The minimum atomic E-state index is -0.155. The van der Waals surface area contributed by atoms with Crippen LogP contribution >= 0.6 is 0 Å². The molecule has 1 aromatic rings. The highest BCUT2D eigenvalue weighted by Crippen LogP contribution is 2.04. The van der Waals surface area contributed by atoms with E-state index in [9.17, 15) is 4.79 Å². The lowest BCUT2D eigenvalue weighted by Gasteiger charge is -2.15. The van der Waals surface area contributed by atoms with Gasteiger partial charge in [-0.05, 0) is 25.0 Å². The molecule has 0 saturated carbocycles. The third kappa shape index (κ3) is 3.10. The maximum Gasteiger partial charge on any atom is 0.268 e. The van der Waals surface area contributed by atoms with E-state index in [1.807, 2.05) is 23.8 Å². The van der Waals surface area contributed by atoms with E-state index in [-0.39, 0.29) is 18.6 Å². The van der Waals surface area contributed by atoms with Gasteiger partial charge in [0.25, 0.3) is 5.91 Å². The summed E-state index contributed by atoms with van der Waals surface area (Å²) in [6.45, 7) is 4.83. The molecule has 0 bridgehead atoms. The zero-order valence-electron chi connectivity index (χ0n) is 9.94. The van der Waals surface area contributed by atoms with Gasteiger partial charge < -0.3 is 15.0 Å². The SMILES string of the molecule is CCCn1cccc1C(=O)N[C@H](CC)CO. The molecule has 0 saturated heterocycles. The van der Waals surface area contributed by atoms with Crippen LogP contribution in [0.25, 0.3) is 0 Å². The van der Waals surface area contributed by atoms with Crippen LogP contribution in [-0.4, -0.2) is 28.2 Å². The largest absolute Gasteiger partial charge is 0.394 e. The smallest absolute Gasteiger partial charge is 0.268 e. The third-order valence-electron chi connectivity index (χ3n) is 2.58. The van der Waals surface area contributed by atoms with Gasteiger partial charge >= 0.3 is 0 Å². The molecule has 1 rings (SSSR count). The lowest BCUT2D eigenvalue weighted by atomic mass is 10.2. The van der Waals surface area contributed by atoms with Crippen LogP contribution in [-0.2, 0) is 6.54 Å². The van der Waals surface area contributed by atoms with Gasteiger partial charge in [0, 0.05) is 12.7 Å². The summed E-state index contributed by atoms with van der Waals surface area (Å²) in [5.74, 6) is -0.112. The number of hydrogen-bond donors (Lipinski definition) is 2. The van der Waals surface area contributed by atoms with E-state index in [1.165, 1.54) is 0 Å². The zero-order chi connectivity index (χ0) is 12.0. The summed E-state index contributed by atoms with van der Waals surface area (Å²) >= 11 is 0. The van der Waals surface area contributed by atoms with Gasteiger partial charge in [-0.1, -0.05) is 13.8 Å². The van der Waals surface area contributed by atoms with Crippen LogP contribution in [0.1, 0.15) is 37.2 Å². The molecule has 1 atom stereocenters. The number of rotatable bonds is 6. The zero-order valence-corrected chi connectivity index (χ0v) is 9.94. The second kappa shape index (κ2) is 6.33. The van der Waals surface area contributed by atoms with E-state index in [2.05, 4.69) is 12.2 Å². The lowest BCUT2D eigenvalue weighted by molar-refractivity contribution is 0.0905. The molecule has 0 radical (unpaired) electrons. The molecular formula is C12H20N2O2. The van der Waals surface area contributed by atoms with Gasteiger partial charge in [-0.2, -0.15) is 0 Å². The van der Waals surface area contributed by atoms with Crippen LogP contribution < -0.4 is 5.32 Å². The van der Waals surface area contributed by atoms with Crippen LogP contribution in [0.5, 0.6) is 0 Å². The summed E-state index contributed by atoms with van der Waals surface area (Å²) in [5.41, 5.74) is 0.661. The number of carbonyl (C=O) groups is 1. The van der Waals surface area contributed by atoms with Crippen LogP contribution in [0, 0.1) is 0 Å². The van der Waals surface area contributed by atoms with Crippen molar-refractivity contribution in [1.82, 2.24) is 9.88 Å². The standard InChI is InChI=1S/C12H20N2O2/c1-3-7-14-8-5-6-11(14)12(16)13-10(4-2)9-15/h5-6,8,10,15H,3-4,7,9H2,1-2H3,(H,13,16)/t10-/m1/s1. The molecule has 16 heavy (non-hydrogen) atoms.